The molecule has 0 spiro atoms. The molecule has 0 unspecified atom stereocenters. The summed E-state index contributed by atoms with van der Waals surface area (Å²) in [5, 5.41) is 3.15. The van der Waals surface area contributed by atoms with Gasteiger partial charge < -0.3 is 4.74 Å². The molecular formula is C10H10F3N3O. The molecule has 0 saturated carbocycles. The molecule has 0 radical (unpaired) electrons. The van der Waals surface area contributed by atoms with Crippen molar-refractivity contribution in [2.24, 2.45) is 5.11 Å². The zero-order valence-electron chi connectivity index (χ0n) is 9.19. The number of halogens is 3. The molecule has 0 saturated heterocycles. The van der Waals surface area contributed by atoms with E-state index in [0.717, 1.165) is 12.1 Å². The lowest BCUT2D eigenvalue weighted by molar-refractivity contribution is -0.137. The molecule has 0 N–H and O–H groups in total. The molecule has 92 valence electrons. The average Bonchev–Trinajstić information content (AvgIpc) is 2.15. The molecule has 0 fully saturated rings. The zero-order chi connectivity index (χ0) is 13.1. The number of nitrogens with zero attached hydrogens (tertiary/aromatic N) is 3. The lowest BCUT2D eigenvalue weighted by Crippen LogP contribution is -2.08. The molecule has 17 heavy (non-hydrogen) atoms. The third kappa shape index (κ3) is 3.88. The maximum Gasteiger partial charge on any atom is 0.416 e. The van der Waals surface area contributed by atoms with E-state index in [1.165, 1.54) is 6.07 Å². The third-order valence-electron chi connectivity index (χ3n) is 1.75. The third-order valence-corrected chi connectivity index (χ3v) is 1.75. The predicted molar refractivity (Wildman–Crippen MR) is 56.0 cm³/mol. The number of hydrogen-bond donors (Lipinski definition) is 0. The minimum absolute atomic E-state index is 0.0252. The Morgan fingerprint density at radius 1 is 1.29 bits per heavy atom. The second-order valence-electron chi connectivity index (χ2n) is 3.57. The Kier molecular flexibility index (Phi) is 3.85. The fraction of sp³-hybridized carbons (Fsp3) is 0.400. The van der Waals surface area contributed by atoms with E-state index in [4.69, 9.17) is 10.3 Å². The highest BCUT2D eigenvalue weighted by molar-refractivity contribution is 5.47. The van der Waals surface area contributed by atoms with E-state index in [0.29, 0.717) is 0 Å². The van der Waals surface area contributed by atoms with E-state index in [9.17, 15) is 13.2 Å². The average molecular weight is 245 g/mol. The molecule has 0 heterocycles. The molecule has 0 aromatic heterocycles. The van der Waals surface area contributed by atoms with Crippen LogP contribution in [0.2, 0.25) is 0 Å². The Morgan fingerprint density at radius 3 is 2.41 bits per heavy atom. The fourth-order valence-corrected chi connectivity index (χ4v) is 1.20. The monoisotopic (exact) mass is 245 g/mol. The molecule has 7 heteroatoms. The minimum atomic E-state index is -4.50. The van der Waals surface area contributed by atoms with Crippen molar-refractivity contribution in [1.82, 2.24) is 0 Å². The van der Waals surface area contributed by atoms with Crippen LogP contribution in [-0.2, 0) is 6.18 Å². The molecule has 0 atom stereocenters. The van der Waals surface area contributed by atoms with Gasteiger partial charge in [0.25, 0.3) is 0 Å². The summed E-state index contributed by atoms with van der Waals surface area (Å²) in [5.74, 6) is 0.0252. The summed E-state index contributed by atoms with van der Waals surface area (Å²) in [6.45, 7) is 3.38. The molecule has 0 aliphatic carbocycles. The van der Waals surface area contributed by atoms with Gasteiger partial charge in [-0.3, -0.25) is 0 Å². The van der Waals surface area contributed by atoms with Gasteiger partial charge in [-0.1, -0.05) is 5.11 Å². The van der Waals surface area contributed by atoms with Crippen molar-refractivity contribution in [3.05, 3.63) is 34.2 Å². The number of hydrogen-bond acceptors (Lipinski definition) is 2. The van der Waals surface area contributed by atoms with E-state index in [1.54, 1.807) is 13.8 Å². The molecule has 0 amide bonds. The van der Waals surface area contributed by atoms with Gasteiger partial charge >= 0.3 is 6.18 Å². The van der Waals surface area contributed by atoms with Crippen molar-refractivity contribution in [3.8, 4) is 5.75 Å². The van der Waals surface area contributed by atoms with Gasteiger partial charge in [-0.05, 0) is 37.6 Å². The van der Waals surface area contributed by atoms with Crippen LogP contribution in [0.3, 0.4) is 0 Å². The number of rotatable bonds is 3. The summed E-state index contributed by atoms with van der Waals surface area (Å²) < 4.78 is 42.8. The van der Waals surface area contributed by atoms with Gasteiger partial charge in [-0.25, -0.2) is 0 Å². The lowest BCUT2D eigenvalue weighted by atomic mass is 10.2. The maximum absolute atomic E-state index is 12.5. The quantitative estimate of drug-likeness (QED) is 0.441. The molecular weight excluding hydrogens is 235 g/mol. The van der Waals surface area contributed by atoms with Crippen LogP contribution in [0.5, 0.6) is 5.75 Å². The summed E-state index contributed by atoms with van der Waals surface area (Å²) in [6, 6.07) is 2.90. The topological polar surface area (TPSA) is 58.0 Å². The van der Waals surface area contributed by atoms with Crippen LogP contribution in [0.4, 0.5) is 18.9 Å². The van der Waals surface area contributed by atoms with Crippen molar-refractivity contribution >= 4 is 5.69 Å². The minimum Gasteiger partial charge on any atom is -0.491 e. The van der Waals surface area contributed by atoms with E-state index in [-0.39, 0.29) is 17.5 Å². The zero-order valence-corrected chi connectivity index (χ0v) is 9.19. The lowest BCUT2D eigenvalue weighted by Gasteiger charge is -2.13. The van der Waals surface area contributed by atoms with E-state index in [1.807, 2.05) is 0 Å². The number of azide groups is 1. The number of ether oxygens (including phenoxy) is 1. The van der Waals surface area contributed by atoms with Crippen molar-refractivity contribution in [2.75, 3.05) is 0 Å². The van der Waals surface area contributed by atoms with Crippen LogP contribution in [0.1, 0.15) is 19.4 Å². The molecule has 1 aromatic carbocycles. The first kappa shape index (κ1) is 13.2. The van der Waals surface area contributed by atoms with Crippen LogP contribution in [0.25, 0.3) is 10.4 Å². The van der Waals surface area contributed by atoms with E-state index in [2.05, 4.69) is 10.0 Å². The standard InChI is InChI=1S/C10H10F3N3O/c1-6(2)17-9-4-7(10(11,12)13)3-8(5-9)15-16-14/h3-6H,1-2H3. The second-order valence-corrected chi connectivity index (χ2v) is 3.57. The van der Waals surface area contributed by atoms with Crippen LogP contribution in [0.15, 0.2) is 23.3 Å². The predicted octanol–water partition coefficient (Wildman–Crippen LogP) is 4.43. The van der Waals surface area contributed by atoms with Crippen molar-refractivity contribution < 1.29 is 17.9 Å². The van der Waals surface area contributed by atoms with Gasteiger partial charge in [0.1, 0.15) is 5.75 Å². The maximum atomic E-state index is 12.5. The smallest absolute Gasteiger partial charge is 0.416 e. The summed E-state index contributed by atoms with van der Waals surface area (Å²) in [7, 11) is 0. The first-order chi connectivity index (χ1) is 7.82. The highest BCUT2D eigenvalue weighted by Gasteiger charge is 2.31. The van der Waals surface area contributed by atoms with Gasteiger partial charge in [-0.2, -0.15) is 13.2 Å². The van der Waals surface area contributed by atoms with Crippen LogP contribution < -0.4 is 4.74 Å². The Balaban J connectivity index is 3.23. The van der Waals surface area contributed by atoms with Gasteiger partial charge in [0.15, 0.2) is 0 Å². The molecule has 1 aromatic rings. The Morgan fingerprint density at radius 2 is 1.94 bits per heavy atom. The molecule has 0 aliphatic heterocycles. The second kappa shape index (κ2) is 4.97. The first-order valence-corrected chi connectivity index (χ1v) is 4.77. The van der Waals surface area contributed by atoms with Crippen LogP contribution >= 0.6 is 0 Å². The number of alkyl halides is 3. The van der Waals surface area contributed by atoms with Crippen molar-refractivity contribution in [3.63, 3.8) is 0 Å². The largest absolute Gasteiger partial charge is 0.491 e. The highest BCUT2D eigenvalue weighted by Crippen LogP contribution is 2.35. The normalized spacial score (nSPS) is 11.2. The van der Waals surface area contributed by atoms with Crippen molar-refractivity contribution in [1.29, 1.82) is 0 Å². The Bertz CT molecular complexity index is 451. The van der Waals surface area contributed by atoms with Crippen LogP contribution in [-0.4, -0.2) is 6.10 Å². The molecule has 1 rings (SSSR count). The van der Waals surface area contributed by atoms with Crippen molar-refractivity contribution in [2.45, 2.75) is 26.1 Å². The van der Waals surface area contributed by atoms with Gasteiger partial charge in [0.05, 0.1) is 11.7 Å². The fourth-order valence-electron chi connectivity index (χ4n) is 1.20. The van der Waals surface area contributed by atoms with Gasteiger partial charge in [-0.15, -0.1) is 0 Å². The van der Waals surface area contributed by atoms with E-state index >= 15 is 0 Å². The summed E-state index contributed by atoms with van der Waals surface area (Å²) in [4.78, 5) is 2.45. The summed E-state index contributed by atoms with van der Waals surface area (Å²) >= 11 is 0. The van der Waals surface area contributed by atoms with Gasteiger partial charge in [0, 0.05) is 10.6 Å². The van der Waals surface area contributed by atoms with E-state index < -0.39 is 11.7 Å². The molecule has 4 nitrogen and oxygen atoms in total. The Labute approximate surface area is 95.6 Å². The summed E-state index contributed by atoms with van der Waals surface area (Å²) in [5.41, 5.74) is 7.19. The first-order valence-electron chi connectivity index (χ1n) is 4.77. The molecule has 0 bridgehead atoms. The van der Waals surface area contributed by atoms with Gasteiger partial charge in [0.2, 0.25) is 0 Å². The SMILES string of the molecule is CC(C)Oc1cc(N=[N+]=[N-])cc(C(F)(F)F)c1. The number of benzene rings is 1. The Hall–Kier alpha value is -1.88. The molecule has 0 aliphatic rings. The van der Waals surface area contributed by atoms with Crippen LogP contribution in [0, 0.1) is 0 Å². The summed E-state index contributed by atoms with van der Waals surface area (Å²) in [6.07, 6.45) is -4.77. The highest BCUT2D eigenvalue weighted by atomic mass is 19.4.